The van der Waals surface area contributed by atoms with Crippen LogP contribution in [0.3, 0.4) is 0 Å². The number of hydrogen-bond acceptors (Lipinski definition) is 4. The van der Waals surface area contributed by atoms with Crippen molar-refractivity contribution in [1.29, 1.82) is 0 Å². The van der Waals surface area contributed by atoms with Gasteiger partial charge in [0.15, 0.2) is 0 Å². The fourth-order valence-electron chi connectivity index (χ4n) is 1.43. The Morgan fingerprint density at radius 2 is 1.84 bits per heavy atom. The SMILES string of the molecule is O=S(=O)(Nc1cccc(CO)n1)c1ccc(Cl)cc1. The Labute approximate surface area is 115 Å². The summed E-state index contributed by atoms with van der Waals surface area (Å²) in [5, 5.41) is 9.41. The summed E-state index contributed by atoms with van der Waals surface area (Å²) < 4.78 is 26.4. The first kappa shape index (κ1) is 13.8. The average Bonchev–Trinajstić information content (AvgIpc) is 2.39. The van der Waals surface area contributed by atoms with Gasteiger partial charge in [-0.05, 0) is 36.4 Å². The van der Waals surface area contributed by atoms with Gasteiger partial charge >= 0.3 is 0 Å². The van der Waals surface area contributed by atoms with Crippen molar-refractivity contribution in [1.82, 2.24) is 4.98 Å². The molecular weight excluding hydrogens is 288 g/mol. The second kappa shape index (κ2) is 5.56. The summed E-state index contributed by atoms with van der Waals surface area (Å²) in [6.45, 7) is -0.253. The van der Waals surface area contributed by atoms with Gasteiger partial charge in [0.05, 0.1) is 17.2 Å². The fraction of sp³-hybridized carbons (Fsp3) is 0.0833. The molecule has 19 heavy (non-hydrogen) atoms. The Morgan fingerprint density at radius 1 is 1.16 bits per heavy atom. The van der Waals surface area contributed by atoms with E-state index in [1.165, 1.54) is 30.3 Å². The fourth-order valence-corrected chi connectivity index (χ4v) is 2.56. The van der Waals surface area contributed by atoms with Crippen LogP contribution in [0.4, 0.5) is 5.82 Å². The Hall–Kier alpha value is -1.63. The number of nitrogens with zero attached hydrogens (tertiary/aromatic N) is 1. The highest BCUT2D eigenvalue weighted by Gasteiger charge is 2.14. The number of aromatic nitrogens is 1. The van der Waals surface area contributed by atoms with Crippen molar-refractivity contribution < 1.29 is 13.5 Å². The van der Waals surface area contributed by atoms with Gasteiger partial charge in [0.1, 0.15) is 5.82 Å². The van der Waals surface area contributed by atoms with Crippen LogP contribution < -0.4 is 4.72 Å². The first-order chi connectivity index (χ1) is 9.01. The first-order valence-electron chi connectivity index (χ1n) is 5.36. The highest BCUT2D eigenvalue weighted by molar-refractivity contribution is 7.92. The van der Waals surface area contributed by atoms with Gasteiger partial charge < -0.3 is 5.11 Å². The third kappa shape index (κ3) is 3.44. The molecule has 2 rings (SSSR count). The van der Waals surface area contributed by atoms with Crippen molar-refractivity contribution in [2.24, 2.45) is 0 Å². The predicted octanol–water partition coefficient (Wildman–Crippen LogP) is 2.03. The van der Waals surface area contributed by atoms with E-state index in [0.29, 0.717) is 10.7 Å². The van der Waals surface area contributed by atoms with E-state index in [2.05, 4.69) is 9.71 Å². The van der Waals surface area contributed by atoms with Crippen molar-refractivity contribution in [3.05, 3.63) is 53.2 Å². The average molecular weight is 299 g/mol. The molecule has 0 aliphatic heterocycles. The molecule has 0 spiro atoms. The van der Waals surface area contributed by atoms with Crippen molar-refractivity contribution in [2.45, 2.75) is 11.5 Å². The van der Waals surface area contributed by atoms with E-state index in [9.17, 15) is 8.42 Å². The molecule has 0 aliphatic carbocycles. The molecule has 0 saturated heterocycles. The van der Waals surface area contributed by atoms with Gasteiger partial charge in [0, 0.05) is 5.02 Å². The monoisotopic (exact) mass is 298 g/mol. The van der Waals surface area contributed by atoms with Gasteiger partial charge in [0.25, 0.3) is 10.0 Å². The highest BCUT2D eigenvalue weighted by atomic mass is 35.5. The number of hydrogen-bond donors (Lipinski definition) is 2. The number of benzene rings is 1. The van der Waals surface area contributed by atoms with Gasteiger partial charge in [-0.1, -0.05) is 17.7 Å². The van der Waals surface area contributed by atoms with E-state index in [4.69, 9.17) is 16.7 Å². The summed E-state index contributed by atoms with van der Waals surface area (Å²) in [7, 11) is -3.71. The van der Waals surface area contributed by atoms with Crippen LogP contribution in [0.25, 0.3) is 0 Å². The summed E-state index contributed by atoms with van der Waals surface area (Å²) >= 11 is 5.71. The molecule has 1 heterocycles. The summed E-state index contributed by atoms with van der Waals surface area (Å²) in [4.78, 5) is 4.04. The molecule has 2 aromatic rings. The molecule has 0 saturated carbocycles. The van der Waals surface area contributed by atoms with Gasteiger partial charge in [0.2, 0.25) is 0 Å². The Kier molecular flexibility index (Phi) is 4.04. The van der Waals surface area contributed by atoms with Crippen LogP contribution >= 0.6 is 11.6 Å². The maximum absolute atomic E-state index is 12.1. The third-order valence-electron chi connectivity index (χ3n) is 2.33. The number of pyridine rings is 1. The smallest absolute Gasteiger partial charge is 0.263 e. The topological polar surface area (TPSA) is 79.3 Å². The Bertz CT molecular complexity index is 672. The van der Waals surface area contributed by atoms with E-state index >= 15 is 0 Å². The minimum absolute atomic E-state index is 0.0908. The molecule has 1 aromatic heterocycles. The van der Waals surface area contributed by atoms with Crippen LogP contribution in [0.2, 0.25) is 5.02 Å². The van der Waals surface area contributed by atoms with Crippen molar-refractivity contribution >= 4 is 27.4 Å². The second-order valence-electron chi connectivity index (χ2n) is 3.73. The predicted molar refractivity (Wildman–Crippen MR) is 72.4 cm³/mol. The van der Waals surface area contributed by atoms with Crippen molar-refractivity contribution in [3.63, 3.8) is 0 Å². The van der Waals surface area contributed by atoms with Gasteiger partial charge in [-0.25, -0.2) is 13.4 Å². The number of rotatable bonds is 4. The van der Waals surface area contributed by atoms with Crippen LogP contribution in [0, 0.1) is 0 Å². The molecule has 5 nitrogen and oxygen atoms in total. The Morgan fingerprint density at radius 3 is 2.47 bits per heavy atom. The minimum Gasteiger partial charge on any atom is -0.390 e. The zero-order chi connectivity index (χ0) is 13.9. The number of nitrogens with one attached hydrogen (secondary N) is 1. The summed E-state index contributed by atoms with van der Waals surface area (Å²) in [5.41, 5.74) is 0.385. The van der Waals surface area contributed by atoms with Crippen LogP contribution in [0.15, 0.2) is 47.4 Å². The second-order valence-corrected chi connectivity index (χ2v) is 5.85. The van der Waals surface area contributed by atoms with Crippen LogP contribution in [-0.4, -0.2) is 18.5 Å². The highest BCUT2D eigenvalue weighted by Crippen LogP contribution is 2.17. The van der Waals surface area contributed by atoms with E-state index in [-0.39, 0.29) is 17.3 Å². The van der Waals surface area contributed by atoms with Gasteiger partial charge in [-0.2, -0.15) is 0 Å². The molecule has 0 bridgehead atoms. The molecule has 2 N–H and O–H groups in total. The maximum atomic E-state index is 12.1. The van der Waals surface area contributed by atoms with Crippen molar-refractivity contribution in [3.8, 4) is 0 Å². The summed E-state index contributed by atoms with van der Waals surface area (Å²) in [5.74, 6) is 0.154. The summed E-state index contributed by atoms with van der Waals surface area (Å²) in [6.07, 6.45) is 0. The number of aliphatic hydroxyl groups is 1. The van der Waals surface area contributed by atoms with Crippen LogP contribution in [0.5, 0.6) is 0 Å². The molecule has 0 aliphatic rings. The maximum Gasteiger partial charge on any atom is 0.263 e. The normalized spacial score (nSPS) is 11.3. The first-order valence-corrected chi connectivity index (χ1v) is 7.22. The molecule has 0 unspecified atom stereocenters. The molecule has 0 amide bonds. The minimum atomic E-state index is -3.71. The van der Waals surface area contributed by atoms with Crippen molar-refractivity contribution in [2.75, 3.05) is 4.72 Å². The molecule has 0 fully saturated rings. The molecule has 1 aromatic carbocycles. The lowest BCUT2D eigenvalue weighted by molar-refractivity contribution is 0.277. The largest absolute Gasteiger partial charge is 0.390 e. The van der Waals surface area contributed by atoms with E-state index < -0.39 is 10.0 Å². The van der Waals surface area contributed by atoms with Gasteiger partial charge in [-0.3, -0.25) is 4.72 Å². The lowest BCUT2D eigenvalue weighted by atomic mass is 10.3. The number of halogens is 1. The number of anilines is 1. The van der Waals surface area contributed by atoms with Crippen LogP contribution in [0.1, 0.15) is 5.69 Å². The molecule has 7 heteroatoms. The number of aliphatic hydroxyl groups excluding tert-OH is 1. The zero-order valence-corrected chi connectivity index (χ0v) is 11.3. The van der Waals surface area contributed by atoms with Gasteiger partial charge in [-0.15, -0.1) is 0 Å². The lowest BCUT2D eigenvalue weighted by Gasteiger charge is -2.08. The molecule has 100 valence electrons. The lowest BCUT2D eigenvalue weighted by Crippen LogP contribution is -2.14. The standard InChI is InChI=1S/C12H11ClN2O3S/c13-9-4-6-11(7-5-9)19(17,18)15-12-3-1-2-10(8-16)14-12/h1-7,16H,8H2,(H,14,15). The van der Waals surface area contributed by atoms with E-state index in [1.54, 1.807) is 12.1 Å². The third-order valence-corrected chi connectivity index (χ3v) is 3.95. The Balaban J connectivity index is 2.28. The summed E-state index contributed by atoms with van der Waals surface area (Å²) in [6, 6.07) is 10.5. The molecule has 0 atom stereocenters. The zero-order valence-electron chi connectivity index (χ0n) is 9.75. The van der Waals surface area contributed by atoms with E-state index in [1.807, 2.05) is 0 Å². The number of sulfonamides is 1. The molecule has 0 radical (unpaired) electrons. The van der Waals surface area contributed by atoms with Crippen LogP contribution in [-0.2, 0) is 16.6 Å². The quantitative estimate of drug-likeness (QED) is 0.905. The van der Waals surface area contributed by atoms with E-state index in [0.717, 1.165) is 0 Å². The molecular formula is C12H11ClN2O3S.